The predicted molar refractivity (Wildman–Crippen MR) is 114 cm³/mol. The average Bonchev–Trinajstić information content (AvgIpc) is 3.64. The lowest BCUT2D eigenvalue weighted by Gasteiger charge is -2.26. The van der Waals surface area contributed by atoms with Crippen molar-refractivity contribution in [2.75, 3.05) is 7.11 Å². The smallest absolute Gasteiger partial charge is 0.328 e. The summed E-state index contributed by atoms with van der Waals surface area (Å²) in [5.41, 5.74) is 2.33. The van der Waals surface area contributed by atoms with E-state index in [9.17, 15) is 14.4 Å². The predicted octanol–water partition coefficient (Wildman–Crippen LogP) is 2.62. The Morgan fingerprint density at radius 3 is 2.56 bits per heavy atom. The van der Waals surface area contributed by atoms with Crippen molar-refractivity contribution in [3.8, 4) is 11.5 Å². The van der Waals surface area contributed by atoms with Crippen LogP contribution in [0.15, 0.2) is 36.5 Å². The zero-order valence-electron chi connectivity index (χ0n) is 18.1. The van der Waals surface area contributed by atoms with E-state index in [-0.39, 0.29) is 29.2 Å². The van der Waals surface area contributed by atoms with Gasteiger partial charge in [0.1, 0.15) is 12.1 Å². The minimum Gasteiger partial charge on any atom is -0.493 e. The minimum absolute atomic E-state index is 0.0474. The highest BCUT2D eigenvalue weighted by Gasteiger charge is 2.34. The SMILES string of the molecule is COc1ccnc(C(=O)N[C@@H](C)C(=O)OC2CCc3ccccc3C2)c1OC(=O)C1CC1. The molecule has 4 rings (SSSR count). The molecule has 32 heavy (non-hydrogen) atoms. The van der Waals surface area contributed by atoms with Crippen LogP contribution in [-0.2, 0) is 27.2 Å². The fourth-order valence-electron chi connectivity index (χ4n) is 3.71. The van der Waals surface area contributed by atoms with Gasteiger partial charge in [-0.1, -0.05) is 24.3 Å². The van der Waals surface area contributed by atoms with Gasteiger partial charge >= 0.3 is 11.9 Å². The number of benzene rings is 1. The van der Waals surface area contributed by atoms with E-state index < -0.39 is 23.9 Å². The third-order valence-electron chi connectivity index (χ3n) is 5.70. The first kappa shape index (κ1) is 21.8. The van der Waals surface area contributed by atoms with E-state index >= 15 is 0 Å². The van der Waals surface area contributed by atoms with Crippen LogP contribution >= 0.6 is 0 Å². The largest absolute Gasteiger partial charge is 0.493 e. The van der Waals surface area contributed by atoms with Gasteiger partial charge in [-0.3, -0.25) is 9.59 Å². The van der Waals surface area contributed by atoms with Crippen molar-refractivity contribution >= 4 is 17.8 Å². The number of aryl methyl sites for hydroxylation is 1. The lowest BCUT2D eigenvalue weighted by atomic mass is 9.90. The normalized spacial score (nSPS) is 18.1. The molecule has 0 saturated heterocycles. The maximum Gasteiger partial charge on any atom is 0.328 e. The Hall–Kier alpha value is -3.42. The van der Waals surface area contributed by atoms with Crippen LogP contribution in [0, 0.1) is 5.92 Å². The van der Waals surface area contributed by atoms with Gasteiger partial charge in [-0.2, -0.15) is 0 Å². The molecular formula is C24H26N2O6. The third kappa shape index (κ3) is 4.90. The van der Waals surface area contributed by atoms with Gasteiger partial charge in [-0.05, 0) is 43.7 Å². The van der Waals surface area contributed by atoms with Crippen molar-refractivity contribution in [2.45, 2.75) is 51.2 Å². The van der Waals surface area contributed by atoms with Gasteiger partial charge in [-0.25, -0.2) is 9.78 Å². The zero-order valence-corrected chi connectivity index (χ0v) is 18.1. The molecule has 1 aromatic carbocycles. The number of amides is 1. The number of nitrogens with one attached hydrogen (secondary N) is 1. The van der Waals surface area contributed by atoms with E-state index in [1.54, 1.807) is 6.92 Å². The number of carbonyl (C=O) groups is 3. The molecule has 1 fully saturated rings. The van der Waals surface area contributed by atoms with Crippen molar-refractivity contribution in [1.82, 2.24) is 10.3 Å². The van der Waals surface area contributed by atoms with Crippen LogP contribution in [0.3, 0.4) is 0 Å². The summed E-state index contributed by atoms with van der Waals surface area (Å²) < 4.78 is 16.3. The molecule has 8 nitrogen and oxygen atoms in total. The molecule has 1 unspecified atom stereocenters. The second-order valence-electron chi connectivity index (χ2n) is 8.15. The van der Waals surface area contributed by atoms with E-state index in [0.717, 1.165) is 25.7 Å². The number of pyridine rings is 1. The summed E-state index contributed by atoms with van der Waals surface area (Å²) in [6, 6.07) is 8.71. The van der Waals surface area contributed by atoms with Crippen LogP contribution in [-0.4, -0.2) is 42.1 Å². The van der Waals surface area contributed by atoms with E-state index in [1.807, 2.05) is 18.2 Å². The highest BCUT2D eigenvalue weighted by molar-refractivity contribution is 5.98. The molecule has 0 aliphatic heterocycles. The van der Waals surface area contributed by atoms with E-state index in [4.69, 9.17) is 14.2 Å². The second-order valence-corrected chi connectivity index (χ2v) is 8.15. The van der Waals surface area contributed by atoms with Gasteiger partial charge in [0.25, 0.3) is 5.91 Å². The summed E-state index contributed by atoms with van der Waals surface area (Å²) >= 11 is 0. The molecule has 2 aliphatic carbocycles. The van der Waals surface area contributed by atoms with Crippen LogP contribution < -0.4 is 14.8 Å². The first-order chi connectivity index (χ1) is 15.5. The van der Waals surface area contributed by atoms with Crippen molar-refractivity contribution < 1.29 is 28.6 Å². The molecule has 1 N–H and O–H groups in total. The molecule has 2 aromatic rings. The Kier molecular flexibility index (Phi) is 6.39. The number of carbonyl (C=O) groups excluding carboxylic acids is 3. The van der Waals surface area contributed by atoms with E-state index in [0.29, 0.717) is 6.42 Å². The van der Waals surface area contributed by atoms with Gasteiger partial charge in [0.05, 0.1) is 13.0 Å². The number of hydrogen-bond acceptors (Lipinski definition) is 7. The quantitative estimate of drug-likeness (QED) is 0.663. The van der Waals surface area contributed by atoms with Gasteiger partial charge in [0.2, 0.25) is 5.75 Å². The molecular weight excluding hydrogens is 412 g/mol. The molecule has 2 atom stereocenters. The number of methoxy groups -OCH3 is 1. The van der Waals surface area contributed by atoms with Crippen LogP contribution in [0.1, 0.15) is 47.8 Å². The van der Waals surface area contributed by atoms with Gasteiger partial charge in [0, 0.05) is 18.7 Å². The molecule has 1 saturated carbocycles. The van der Waals surface area contributed by atoms with Crippen LogP contribution in [0.2, 0.25) is 0 Å². The number of rotatable bonds is 7. The zero-order chi connectivity index (χ0) is 22.7. The van der Waals surface area contributed by atoms with E-state index in [1.165, 1.54) is 30.5 Å². The molecule has 2 aliphatic rings. The molecule has 168 valence electrons. The molecule has 0 radical (unpaired) electrons. The fourth-order valence-corrected chi connectivity index (χ4v) is 3.71. The first-order valence-corrected chi connectivity index (χ1v) is 10.8. The average molecular weight is 438 g/mol. The number of esters is 2. The molecule has 0 bridgehead atoms. The summed E-state index contributed by atoms with van der Waals surface area (Å²) in [4.78, 5) is 41.6. The first-order valence-electron chi connectivity index (χ1n) is 10.8. The van der Waals surface area contributed by atoms with Crippen molar-refractivity contribution in [3.63, 3.8) is 0 Å². The highest BCUT2D eigenvalue weighted by atomic mass is 16.6. The van der Waals surface area contributed by atoms with Crippen LogP contribution in [0.5, 0.6) is 11.5 Å². The third-order valence-corrected chi connectivity index (χ3v) is 5.70. The summed E-state index contributed by atoms with van der Waals surface area (Å²) in [5.74, 6) is -1.59. The molecule has 1 aromatic heterocycles. The summed E-state index contributed by atoms with van der Waals surface area (Å²) in [6.07, 6.45) is 4.91. The molecule has 1 amide bonds. The Balaban J connectivity index is 1.40. The monoisotopic (exact) mass is 438 g/mol. The number of nitrogens with zero attached hydrogens (tertiary/aromatic N) is 1. The lowest BCUT2D eigenvalue weighted by Crippen LogP contribution is -2.42. The van der Waals surface area contributed by atoms with Crippen molar-refractivity contribution in [2.24, 2.45) is 5.92 Å². The Morgan fingerprint density at radius 1 is 1.09 bits per heavy atom. The number of fused-ring (bicyclic) bond motifs is 1. The molecule has 0 spiro atoms. The highest BCUT2D eigenvalue weighted by Crippen LogP contribution is 2.35. The van der Waals surface area contributed by atoms with Gasteiger partial charge in [-0.15, -0.1) is 0 Å². The second kappa shape index (κ2) is 9.38. The Morgan fingerprint density at radius 2 is 1.84 bits per heavy atom. The van der Waals surface area contributed by atoms with Crippen LogP contribution in [0.25, 0.3) is 0 Å². The standard InChI is InChI=1S/C24H26N2O6/c1-14(23(28)31-18-10-9-15-5-3-4-6-17(15)13-18)26-22(27)20-21(19(30-2)11-12-25-20)32-24(29)16-7-8-16/h3-6,11-12,14,16,18H,7-10,13H2,1-2H3,(H,26,27)/t14-,18?/m0/s1. The topological polar surface area (TPSA) is 104 Å². The number of aromatic nitrogens is 1. The minimum atomic E-state index is -0.903. The Bertz CT molecular complexity index is 1030. The number of hydrogen-bond donors (Lipinski definition) is 1. The maximum atomic E-state index is 12.8. The summed E-state index contributed by atoms with van der Waals surface area (Å²) in [7, 11) is 1.41. The van der Waals surface area contributed by atoms with Gasteiger partial charge in [0.15, 0.2) is 11.4 Å². The lowest BCUT2D eigenvalue weighted by molar-refractivity contribution is -0.151. The van der Waals surface area contributed by atoms with Crippen LogP contribution in [0.4, 0.5) is 0 Å². The summed E-state index contributed by atoms with van der Waals surface area (Å²) in [5, 5.41) is 2.59. The number of ether oxygens (including phenoxy) is 3. The maximum absolute atomic E-state index is 12.8. The van der Waals surface area contributed by atoms with Crippen molar-refractivity contribution in [1.29, 1.82) is 0 Å². The summed E-state index contributed by atoms with van der Waals surface area (Å²) in [6.45, 7) is 1.55. The van der Waals surface area contributed by atoms with Gasteiger partial charge < -0.3 is 19.5 Å². The fraction of sp³-hybridized carbons (Fsp3) is 0.417. The Labute approximate surface area is 186 Å². The molecule has 1 heterocycles. The van der Waals surface area contributed by atoms with Crippen molar-refractivity contribution in [3.05, 3.63) is 53.3 Å². The van der Waals surface area contributed by atoms with E-state index in [2.05, 4.69) is 16.4 Å². The molecule has 8 heteroatoms.